The predicted octanol–water partition coefficient (Wildman–Crippen LogP) is 3.44. The van der Waals surface area contributed by atoms with Crippen molar-refractivity contribution in [3.8, 4) is 0 Å². The summed E-state index contributed by atoms with van der Waals surface area (Å²) in [4.78, 5) is 12.5. The average molecular weight is 474 g/mol. The molecule has 0 aliphatic carbocycles. The van der Waals surface area contributed by atoms with Crippen molar-refractivity contribution in [1.82, 2.24) is 0 Å². The van der Waals surface area contributed by atoms with Crippen molar-refractivity contribution in [2.75, 3.05) is 27.6 Å². The molecule has 0 aromatic heterocycles. The molecule has 1 amide bonds. The Morgan fingerprint density at radius 3 is 1.84 bits per heavy atom. The summed E-state index contributed by atoms with van der Waals surface area (Å²) in [6.45, 7) is 1.91. The predicted molar refractivity (Wildman–Crippen MR) is 126 cm³/mol. The number of nitrogens with zero attached hydrogens (tertiary/aromatic N) is 1. The van der Waals surface area contributed by atoms with E-state index in [1.54, 1.807) is 12.1 Å². The number of hydrogen-bond donors (Lipinski definition) is 2. The molecule has 168 valence electrons. The molecule has 32 heavy (non-hydrogen) atoms. The molecule has 0 bridgehead atoms. The van der Waals surface area contributed by atoms with Gasteiger partial charge in [0, 0.05) is 24.0 Å². The van der Waals surface area contributed by atoms with E-state index in [1.807, 2.05) is 19.1 Å². The summed E-state index contributed by atoms with van der Waals surface area (Å²) >= 11 is 0. The second-order valence-electron chi connectivity index (χ2n) is 7.23. The molecule has 3 aromatic rings. The van der Waals surface area contributed by atoms with Crippen molar-refractivity contribution in [2.24, 2.45) is 0 Å². The number of amides is 1. The highest BCUT2D eigenvalue weighted by atomic mass is 32.2. The van der Waals surface area contributed by atoms with Crippen molar-refractivity contribution >= 4 is 43.0 Å². The Morgan fingerprint density at radius 1 is 0.781 bits per heavy atom. The minimum Gasteiger partial charge on any atom is -0.322 e. The van der Waals surface area contributed by atoms with Gasteiger partial charge in [-0.2, -0.15) is 0 Å². The van der Waals surface area contributed by atoms with Crippen molar-refractivity contribution in [3.05, 3.63) is 83.9 Å². The number of carbonyl (C=O) groups excluding carboxylic acids is 1. The zero-order valence-corrected chi connectivity index (χ0v) is 19.4. The SMILES string of the molecule is Cc1ccc(NS(=O)(=O)c2ccc(NC(=O)c3ccc(N(C)S(C)(=O)=O)cc3)cc2)cc1. The van der Waals surface area contributed by atoms with Crippen LogP contribution in [0.2, 0.25) is 0 Å². The van der Waals surface area contributed by atoms with Gasteiger partial charge >= 0.3 is 0 Å². The van der Waals surface area contributed by atoms with Crippen LogP contribution in [0.3, 0.4) is 0 Å². The van der Waals surface area contributed by atoms with Gasteiger partial charge in [0.15, 0.2) is 0 Å². The van der Waals surface area contributed by atoms with Crippen LogP contribution in [-0.2, 0) is 20.0 Å². The summed E-state index contributed by atoms with van der Waals surface area (Å²) in [6.07, 6.45) is 1.09. The van der Waals surface area contributed by atoms with E-state index < -0.39 is 26.0 Å². The van der Waals surface area contributed by atoms with Gasteiger partial charge in [0.25, 0.3) is 15.9 Å². The van der Waals surface area contributed by atoms with E-state index in [9.17, 15) is 21.6 Å². The van der Waals surface area contributed by atoms with Gasteiger partial charge in [-0.15, -0.1) is 0 Å². The largest absolute Gasteiger partial charge is 0.322 e. The number of anilines is 3. The molecule has 0 saturated carbocycles. The van der Waals surface area contributed by atoms with Crippen molar-refractivity contribution in [2.45, 2.75) is 11.8 Å². The van der Waals surface area contributed by atoms with E-state index in [0.29, 0.717) is 22.6 Å². The molecule has 0 saturated heterocycles. The van der Waals surface area contributed by atoms with Crippen LogP contribution in [0.1, 0.15) is 15.9 Å². The fourth-order valence-electron chi connectivity index (χ4n) is 2.77. The first-order chi connectivity index (χ1) is 15.0. The molecule has 8 nitrogen and oxygen atoms in total. The Labute approximate surface area is 188 Å². The smallest absolute Gasteiger partial charge is 0.261 e. The molecular weight excluding hydrogens is 450 g/mol. The van der Waals surface area contributed by atoms with Gasteiger partial charge in [0.2, 0.25) is 10.0 Å². The van der Waals surface area contributed by atoms with E-state index in [-0.39, 0.29) is 4.90 Å². The van der Waals surface area contributed by atoms with Gasteiger partial charge in [0.1, 0.15) is 0 Å². The molecule has 3 aromatic carbocycles. The van der Waals surface area contributed by atoms with Crippen LogP contribution >= 0.6 is 0 Å². The van der Waals surface area contributed by atoms with Crippen molar-refractivity contribution in [3.63, 3.8) is 0 Å². The maximum Gasteiger partial charge on any atom is 0.261 e. The van der Waals surface area contributed by atoms with Gasteiger partial charge in [-0.25, -0.2) is 16.8 Å². The van der Waals surface area contributed by atoms with E-state index in [2.05, 4.69) is 10.0 Å². The van der Waals surface area contributed by atoms with Gasteiger partial charge in [-0.1, -0.05) is 17.7 Å². The lowest BCUT2D eigenvalue weighted by Crippen LogP contribution is -2.24. The molecular formula is C22H23N3O5S2. The lowest BCUT2D eigenvalue weighted by atomic mass is 10.2. The molecule has 3 rings (SSSR count). The number of carbonyl (C=O) groups is 1. The summed E-state index contributed by atoms with van der Waals surface area (Å²) in [5.41, 5.74) is 2.65. The van der Waals surface area contributed by atoms with Crippen LogP contribution in [0.4, 0.5) is 17.1 Å². The topological polar surface area (TPSA) is 113 Å². The molecule has 0 spiro atoms. The van der Waals surface area contributed by atoms with Crippen LogP contribution in [0, 0.1) is 6.92 Å². The second-order valence-corrected chi connectivity index (χ2v) is 10.9. The Kier molecular flexibility index (Phi) is 6.56. The molecule has 2 N–H and O–H groups in total. The summed E-state index contributed by atoms with van der Waals surface area (Å²) < 4.78 is 51.9. The summed E-state index contributed by atoms with van der Waals surface area (Å²) in [5, 5.41) is 2.69. The zero-order chi connectivity index (χ0) is 23.5. The fraction of sp³-hybridized carbons (Fsp3) is 0.136. The van der Waals surface area contributed by atoms with Crippen LogP contribution in [0.5, 0.6) is 0 Å². The molecule has 0 aliphatic heterocycles. The quantitative estimate of drug-likeness (QED) is 0.546. The number of aryl methyl sites for hydroxylation is 1. The molecule has 0 aliphatic rings. The average Bonchev–Trinajstić information content (AvgIpc) is 2.74. The fourth-order valence-corrected chi connectivity index (χ4v) is 4.33. The molecule has 0 radical (unpaired) electrons. The minimum absolute atomic E-state index is 0.0595. The number of sulfonamides is 2. The maximum absolute atomic E-state index is 12.6. The first-order valence-electron chi connectivity index (χ1n) is 9.50. The standard InChI is InChI=1S/C22H23N3O5S2/c1-16-4-8-19(9-5-16)24-32(29,30)21-14-10-18(11-15-21)23-22(26)17-6-12-20(13-7-17)25(2)31(3,27)28/h4-15,24H,1-3H3,(H,23,26). The monoisotopic (exact) mass is 473 g/mol. The summed E-state index contributed by atoms with van der Waals surface area (Å²) in [7, 11) is -5.74. The Balaban J connectivity index is 1.68. The van der Waals surface area contributed by atoms with Crippen molar-refractivity contribution < 1.29 is 21.6 Å². The third kappa shape index (κ3) is 5.65. The number of nitrogens with one attached hydrogen (secondary N) is 2. The van der Waals surface area contributed by atoms with Crippen LogP contribution in [0.25, 0.3) is 0 Å². The van der Waals surface area contributed by atoms with E-state index in [4.69, 9.17) is 0 Å². The highest BCUT2D eigenvalue weighted by Crippen LogP contribution is 2.20. The lowest BCUT2D eigenvalue weighted by Gasteiger charge is -2.16. The lowest BCUT2D eigenvalue weighted by molar-refractivity contribution is 0.102. The Morgan fingerprint density at radius 2 is 1.31 bits per heavy atom. The number of hydrogen-bond acceptors (Lipinski definition) is 5. The molecule has 0 unspecified atom stereocenters. The molecule has 10 heteroatoms. The van der Waals surface area contributed by atoms with Gasteiger partial charge < -0.3 is 5.32 Å². The zero-order valence-electron chi connectivity index (χ0n) is 17.7. The molecule has 0 atom stereocenters. The number of benzene rings is 3. The molecule has 0 fully saturated rings. The number of rotatable bonds is 7. The first-order valence-corrected chi connectivity index (χ1v) is 12.8. The Hall–Kier alpha value is -3.37. The minimum atomic E-state index is -3.77. The third-order valence-electron chi connectivity index (χ3n) is 4.72. The third-order valence-corrected chi connectivity index (χ3v) is 7.32. The molecule has 0 heterocycles. The second kappa shape index (κ2) is 9.01. The van der Waals surface area contributed by atoms with E-state index in [0.717, 1.165) is 16.1 Å². The van der Waals surface area contributed by atoms with E-state index in [1.165, 1.54) is 55.6 Å². The summed E-state index contributed by atoms with van der Waals surface area (Å²) in [6, 6.07) is 18.8. The van der Waals surface area contributed by atoms with Crippen LogP contribution < -0.4 is 14.3 Å². The highest BCUT2D eigenvalue weighted by molar-refractivity contribution is 7.92. The Bertz CT molecular complexity index is 1320. The van der Waals surface area contributed by atoms with Crippen molar-refractivity contribution in [1.29, 1.82) is 0 Å². The van der Waals surface area contributed by atoms with Crippen LogP contribution in [-0.4, -0.2) is 36.0 Å². The normalized spacial score (nSPS) is 11.6. The van der Waals surface area contributed by atoms with Gasteiger partial charge in [-0.05, 0) is 67.6 Å². The van der Waals surface area contributed by atoms with Gasteiger partial charge in [0.05, 0.1) is 16.8 Å². The van der Waals surface area contributed by atoms with E-state index >= 15 is 0 Å². The van der Waals surface area contributed by atoms with Crippen LogP contribution in [0.15, 0.2) is 77.7 Å². The maximum atomic E-state index is 12.6. The summed E-state index contributed by atoms with van der Waals surface area (Å²) in [5.74, 6) is -0.410. The highest BCUT2D eigenvalue weighted by Gasteiger charge is 2.15. The van der Waals surface area contributed by atoms with Gasteiger partial charge in [-0.3, -0.25) is 13.8 Å². The first kappa shape index (κ1) is 23.3.